The Morgan fingerprint density at radius 2 is 1.04 bits per heavy atom. The van der Waals surface area contributed by atoms with Gasteiger partial charge < -0.3 is 12.4 Å². The van der Waals surface area contributed by atoms with E-state index in [0.717, 1.165) is 0 Å². The highest BCUT2D eigenvalue weighted by Crippen LogP contribution is 2.57. The molecule has 0 atom stereocenters. The van der Waals surface area contributed by atoms with E-state index in [1.54, 1.807) is 30.6 Å². The predicted molar refractivity (Wildman–Crippen MR) is 109 cm³/mol. The Hall–Kier alpha value is 0.520. The lowest BCUT2D eigenvalue weighted by Gasteiger charge is -2.22. The minimum absolute atomic E-state index is 0. The molecule has 0 fully saturated rings. The van der Waals surface area contributed by atoms with Gasteiger partial charge in [0, 0.05) is 13.9 Å². The highest BCUT2D eigenvalue weighted by molar-refractivity contribution is 7.75. The monoisotopic (exact) mass is 398 g/mol. The van der Waals surface area contributed by atoms with Gasteiger partial charge in [-0.2, -0.15) is 0 Å². The van der Waals surface area contributed by atoms with Crippen molar-refractivity contribution in [2.24, 2.45) is 0 Å². The molecule has 0 aliphatic rings. The molecular formula is C19H34Cl3P. The molecule has 0 aliphatic carbocycles. The number of halogens is 3. The minimum atomic E-state index is -0.519. The Bertz CT molecular complexity index is 340. The van der Waals surface area contributed by atoms with E-state index in [1.807, 2.05) is 12.1 Å². The van der Waals surface area contributed by atoms with Crippen molar-refractivity contribution in [2.75, 3.05) is 25.2 Å². The van der Waals surface area contributed by atoms with Crippen LogP contribution in [0.1, 0.15) is 59.3 Å². The lowest BCUT2D eigenvalue weighted by Crippen LogP contribution is -3.00. The highest BCUT2D eigenvalue weighted by atomic mass is 35.5. The van der Waals surface area contributed by atoms with Gasteiger partial charge in [0.15, 0.2) is 0 Å². The van der Waals surface area contributed by atoms with Crippen molar-refractivity contribution in [1.29, 1.82) is 0 Å². The van der Waals surface area contributed by atoms with E-state index in [9.17, 15) is 0 Å². The van der Waals surface area contributed by atoms with Crippen molar-refractivity contribution in [3.05, 3.63) is 34.3 Å². The van der Waals surface area contributed by atoms with Crippen molar-refractivity contribution in [1.82, 2.24) is 0 Å². The van der Waals surface area contributed by atoms with Crippen molar-refractivity contribution in [2.45, 2.75) is 59.3 Å². The summed E-state index contributed by atoms with van der Waals surface area (Å²) in [6.07, 6.45) is 13.2. The van der Waals surface area contributed by atoms with Crippen LogP contribution in [0.15, 0.2) is 24.3 Å². The first kappa shape index (κ1) is 25.8. The van der Waals surface area contributed by atoms with Crippen LogP contribution in [-0.4, -0.2) is 25.2 Å². The molecule has 0 nitrogen and oxygen atoms in total. The van der Waals surface area contributed by atoms with Crippen molar-refractivity contribution >= 4 is 30.5 Å². The maximum Gasteiger partial charge on any atom is 0.0592 e. The number of rotatable bonds is 9. The fourth-order valence-electron chi connectivity index (χ4n) is 2.39. The molecule has 23 heavy (non-hydrogen) atoms. The van der Waals surface area contributed by atoms with Gasteiger partial charge in [-0.15, -0.1) is 0 Å². The number of hydrogen-bond donors (Lipinski definition) is 0. The SMILES string of the molecule is CCCC[P+](C)(CCCC)CCCC.Clc1ccccc1Cl.[Cl-]. The summed E-state index contributed by atoms with van der Waals surface area (Å²) in [6.45, 7) is 9.59. The van der Waals surface area contributed by atoms with E-state index in [1.165, 1.54) is 38.5 Å². The van der Waals surface area contributed by atoms with Crippen LogP contribution < -0.4 is 12.4 Å². The first-order valence-corrected chi connectivity index (χ1v) is 12.3. The van der Waals surface area contributed by atoms with Crippen LogP contribution in [0.4, 0.5) is 0 Å². The molecule has 0 N–H and O–H groups in total. The summed E-state index contributed by atoms with van der Waals surface area (Å²) in [5.74, 6) is 0. The quantitative estimate of drug-likeness (QED) is 0.511. The van der Waals surface area contributed by atoms with Gasteiger partial charge in [-0.05, 0) is 31.4 Å². The van der Waals surface area contributed by atoms with Crippen molar-refractivity contribution < 1.29 is 12.4 Å². The first-order chi connectivity index (χ1) is 10.5. The van der Waals surface area contributed by atoms with Crippen LogP contribution in [0.3, 0.4) is 0 Å². The number of hydrogen-bond acceptors (Lipinski definition) is 0. The molecule has 0 aromatic heterocycles. The summed E-state index contributed by atoms with van der Waals surface area (Å²) in [7, 11) is -0.519. The zero-order valence-electron chi connectivity index (χ0n) is 15.3. The minimum Gasteiger partial charge on any atom is -1.00 e. The van der Waals surface area contributed by atoms with Crippen LogP contribution in [0.2, 0.25) is 10.0 Å². The molecule has 0 spiro atoms. The third kappa shape index (κ3) is 13.5. The number of unbranched alkanes of at least 4 members (excludes halogenated alkanes) is 3. The fraction of sp³-hybridized carbons (Fsp3) is 0.684. The standard InChI is InChI=1S/C13H30P.C6H4Cl2.ClH/c1-5-8-11-14(4,12-9-6-2)13-10-7-3;7-5-3-1-2-4-6(5)8;/h5-13H2,1-4H3;1-4H;1H/q+1;;/p-1. The van der Waals surface area contributed by atoms with Crippen molar-refractivity contribution in [3.63, 3.8) is 0 Å². The molecule has 1 aromatic carbocycles. The molecule has 0 bridgehead atoms. The molecule has 0 unspecified atom stereocenters. The van der Waals surface area contributed by atoms with E-state index >= 15 is 0 Å². The van der Waals surface area contributed by atoms with Gasteiger partial charge in [-0.3, -0.25) is 0 Å². The average Bonchev–Trinajstić information content (AvgIpc) is 2.53. The first-order valence-electron chi connectivity index (χ1n) is 8.72. The third-order valence-electron chi connectivity index (χ3n) is 3.98. The maximum atomic E-state index is 5.58. The van der Waals surface area contributed by atoms with E-state index in [0.29, 0.717) is 10.0 Å². The predicted octanol–water partition coefficient (Wildman–Crippen LogP) is 5.03. The van der Waals surface area contributed by atoms with Gasteiger partial charge in [-0.25, -0.2) is 0 Å². The summed E-state index contributed by atoms with van der Waals surface area (Å²) < 4.78 is 0. The zero-order chi connectivity index (χ0) is 16.8. The van der Waals surface area contributed by atoms with Crippen LogP contribution in [-0.2, 0) is 0 Å². The van der Waals surface area contributed by atoms with Crippen LogP contribution in [0.5, 0.6) is 0 Å². The topological polar surface area (TPSA) is 0 Å². The van der Waals surface area contributed by atoms with E-state index in [2.05, 4.69) is 27.4 Å². The summed E-state index contributed by atoms with van der Waals surface area (Å²) in [6, 6.07) is 7.19. The van der Waals surface area contributed by atoms with Crippen LogP contribution >= 0.6 is 30.5 Å². The van der Waals surface area contributed by atoms with Gasteiger partial charge in [0.1, 0.15) is 0 Å². The fourth-order valence-corrected chi connectivity index (χ4v) is 6.58. The summed E-state index contributed by atoms with van der Waals surface area (Å²) >= 11 is 11.2. The lowest BCUT2D eigenvalue weighted by atomic mass is 10.4. The van der Waals surface area contributed by atoms with E-state index < -0.39 is 7.26 Å². The normalized spacial score (nSPS) is 10.5. The van der Waals surface area contributed by atoms with Gasteiger partial charge in [0.2, 0.25) is 0 Å². The highest BCUT2D eigenvalue weighted by Gasteiger charge is 2.28. The third-order valence-corrected chi connectivity index (χ3v) is 8.92. The smallest absolute Gasteiger partial charge is 0.0592 e. The van der Waals surface area contributed by atoms with Gasteiger partial charge in [-0.1, -0.05) is 75.4 Å². The molecule has 0 amide bonds. The second-order valence-corrected chi connectivity index (χ2v) is 11.7. The Balaban J connectivity index is 0. The second-order valence-electron chi connectivity index (χ2n) is 6.27. The molecule has 0 radical (unpaired) electrons. The molecular weight excluding hydrogens is 366 g/mol. The molecule has 0 aliphatic heterocycles. The molecule has 4 heteroatoms. The van der Waals surface area contributed by atoms with Crippen LogP contribution in [0, 0.1) is 0 Å². The number of benzene rings is 1. The second kappa shape index (κ2) is 16.0. The van der Waals surface area contributed by atoms with Crippen molar-refractivity contribution in [3.8, 4) is 0 Å². The molecule has 1 aromatic rings. The maximum absolute atomic E-state index is 5.58. The Labute approximate surface area is 161 Å². The molecule has 1 rings (SSSR count). The van der Waals surface area contributed by atoms with Gasteiger partial charge >= 0.3 is 0 Å². The molecule has 0 heterocycles. The Kier molecular flexibility index (Phi) is 17.9. The van der Waals surface area contributed by atoms with Gasteiger partial charge in [0.25, 0.3) is 0 Å². The lowest BCUT2D eigenvalue weighted by molar-refractivity contribution is -0.00000480. The van der Waals surface area contributed by atoms with E-state index in [-0.39, 0.29) is 12.4 Å². The Morgan fingerprint density at radius 1 is 0.739 bits per heavy atom. The largest absolute Gasteiger partial charge is 1.00 e. The van der Waals surface area contributed by atoms with Crippen LogP contribution in [0.25, 0.3) is 0 Å². The van der Waals surface area contributed by atoms with E-state index in [4.69, 9.17) is 23.2 Å². The Morgan fingerprint density at radius 3 is 1.26 bits per heavy atom. The molecule has 0 saturated carbocycles. The average molecular weight is 400 g/mol. The zero-order valence-corrected chi connectivity index (χ0v) is 18.4. The summed E-state index contributed by atoms with van der Waals surface area (Å²) in [5, 5.41) is 1.21. The molecule has 136 valence electrons. The summed E-state index contributed by atoms with van der Waals surface area (Å²) in [5.41, 5.74) is 0. The summed E-state index contributed by atoms with van der Waals surface area (Å²) in [4.78, 5) is 0. The van der Waals surface area contributed by atoms with Gasteiger partial charge in [0.05, 0.1) is 28.5 Å². The molecule has 0 saturated heterocycles.